The second-order valence-electron chi connectivity index (χ2n) is 9.54. The third-order valence-electron chi connectivity index (χ3n) is 5.21. The molecule has 0 aliphatic heterocycles. The fourth-order valence-corrected chi connectivity index (χ4v) is 3.12. The molecule has 0 saturated heterocycles. The van der Waals surface area contributed by atoms with Gasteiger partial charge >= 0.3 is 12.0 Å². The lowest BCUT2D eigenvalue weighted by Crippen LogP contribution is -2.49. The molecular weight excluding hydrogens is 534 g/mol. The minimum absolute atomic E-state index is 0.0583. The van der Waals surface area contributed by atoms with E-state index in [0.29, 0.717) is 24.3 Å². The first-order valence-electron chi connectivity index (χ1n) is 13.6. The van der Waals surface area contributed by atoms with E-state index < -0.39 is 29.9 Å². The van der Waals surface area contributed by atoms with Crippen molar-refractivity contribution in [2.24, 2.45) is 23.3 Å². The molecular formula is C27H47N7O7. The van der Waals surface area contributed by atoms with Gasteiger partial charge in [0.2, 0.25) is 11.8 Å². The number of carbonyl (C=O) groups excluding carboxylic acids is 5. The normalized spacial score (nSPS) is 11.1. The van der Waals surface area contributed by atoms with Crippen LogP contribution in [0.3, 0.4) is 0 Å². The van der Waals surface area contributed by atoms with Crippen LogP contribution >= 0.6 is 0 Å². The number of esters is 1. The van der Waals surface area contributed by atoms with E-state index in [4.69, 9.17) is 21.0 Å². The van der Waals surface area contributed by atoms with Crippen molar-refractivity contribution < 1.29 is 33.5 Å². The number of amides is 5. The lowest BCUT2D eigenvalue weighted by atomic mass is 10.0. The largest absolute Gasteiger partial charge is 0.461 e. The minimum Gasteiger partial charge on any atom is -0.461 e. The molecule has 41 heavy (non-hydrogen) atoms. The van der Waals surface area contributed by atoms with Crippen LogP contribution in [-0.2, 0) is 30.6 Å². The molecule has 1 aromatic carbocycles. The topological polar surface area (TPSA) is 216 Å². The number of hydrogen-bond donors (Lipinski definition) is 7. The van der Waals surface area contributed by atoms with Gasteiger partial charge in [-0.05, 0) is 31.0 Å². The summed E-state index contributed by atoms with van der Waals surface area (Å²) in [5.74, 6) is -1.98. The zero-order valence-corrected chi connectivity index (χ0v) is 24.9. The highest BCUT2D eigenvalue weighted by Gasteiger charge is 2.21. The van der Waals surface area contributed by atoms with Gasteiger partial charge in [-0.1, -0.05) is 47.6 Å². The fourth-order valence-electron chi connectivity index (χ4n) is 3.12. The third kappa shape index (κ3) is 16.2. The molecule has 0 bridgehead atoms. The summed E-state index contributed by atoms with van der Waals surface area (Å²) in [6.07, 6.45) is 0.933. The standard InChI is InChI=1S/C23H37N5O6.C4H10N2O/c1-6-25-20(14(2)3)22(31)26-12-19(29)27-17-8-7-16(13-33-23(32)15(4)5)18(11-17)21(30)28-34-10-9-24;1-2-3-6-4(5)7/h7-8,11,14-15,20,25H,6,9-10,12-13,24H2,1-5H3,(H,26,31)(H,27,29)(H,28,30);2-3H2,1H3,(H3,5,6,7). The average molecular weight is 582 g/mol. The number of hydrogen-bond acceptors (Lipinski definition) is 9. The Morgan fingerprint density at radius 3 is 2.20 bits per heavy atom. The summed E-state index contributed by atoms with van der Waals surface area (Å²) in [7, 11) is 0. The Balaban J connectivity index is 0.00000201. The molecule has 0 aliphatic rings. The van der Waals surface area contributed by atoms with Gasteiger partial charge in [0, 0.05) is 24.3 Å². The number of rotatable bonds is 16. The zero-order chi connectivity index (χ0) is 31.4. The minimum atomic E-state index is -0.584. The van der Waals surface area contributed by atoms with Crippen LogP contribution in [0.25, 0.3) is 0 Å². The quantitative estimate of drug-likeness (QED) is 0.0832. The van der Waals surface area contributed by atoms with E-state index in [2.05, 4.69) is 26.7 Å². The number of likely N-dealkylation sites (N-methyl/N-ethyl adjacent to an activating group) is 1. The molecule has 14 nitrogen and oxygen atoms in total. The number of primary amides is 1. The Labute approximate surface area is 242 Å². The Hall–Kier alpha value is -3.75. The van der Waals surface area contributed by atoms with E-state index >= 15 is 0 Å². The Kier molecular flexibility index (Phi) is 19.1. The van der Waals surface area contributed by atoms with Gasteiger partial charge in [0.25, 0.3) is 5.91 Å². The van der Waals surface area contributed by atoms with E-state index in [-0.39, 0.29) is 49.6 Å². The maximum Gasteiger partial charge on any atom is 0.312 e. The first-order valence-corrected chi connectivity index (χ1v) is 13.6. The van der Waals surface area contributed by atoms with E-state index in [9.17, 15) is 24.0 Å². The number of urea groups is 1. The van der Waals surface area contributed by atoms with Crippen LogP contribution < -0.4 is 38.2 Å². The van der Waals surface area contributed by atoms with E-state index in [1.54, 1.807) is 26.0 Å². The van der Waals surface area contributed by atoms with Crippen LogP contribution in [0.2, 0.25) is 0 Å². The molecule has 5 amide bonds. The Morgan fingerprint density at radius 1 is 1.00 bits per heavy atom. The summed E-state index contributed by atoms with van der Waals surface area (Å²) in [5, 5.41) is 10.8. The highest BCUT2D eigenvalue weighted by atomic mass is 16.6. The van der Waals surface area contributed by atoms with E-state index in [0.717, 1.165) is 6.42 Å². The number of carbonyl (C=O) groups is 5. The molecule has 0 saturated carbocycles. The van der Waals surface area contributed by atoms with Gasteiger partial charge in [-0.3, -0.25) is 24.0 Å². The van der Waals surface area contributed by atoms with Crippen molar-refractivity contribution in [2.75, 3.05) is 38.1 Å². The van der Waals surface area contributed by atoms with Crippen molar-refractivity contribution in [1.29, 1.82) is 0 Å². The number of ether oxygens (including phenoxy) is 1. The predicted octanol–water partition coefficient (Wildman–Crippen LogP) is 0.759. The fraction of sp³-hybridized carbons (Fsp3) is 0.593. The molecule has 0 heterocycles. The number of benzene rings is 1. The van der Waals surface area contributed by atoms with Gasteiger partial charge in [-0.2, -0.15) is 0 Å². The molecule has 0 aromatic heterocycles. The SMILES string of the molecule is CCCNC(N)=O.CCNC(C(=O)NCC(=O)Nc1ccc(COC(=O)C(C)C)c(C(=O)NOCCN)c1)C(C)C. The van der Waals surface area contributed by atoms with Gasteiger partial charge in [-0.25, -0.2) is 10.3 Å². The van der Waals surface area contributed by atoms with E-state index in [1.165, 1.54) is 6.07 Å². The maximum atomic E-state index is 12.6. The molecule has 0 spiro atoms. The van der Waals surface area contributed by atoms with Gasteiger partial charge in [0.1, 0.15) is 6.61 Å². The third-order valence-corrected chi connectivity index (χ3v) is 5.21. The monoisotopic (exact) mass is 581 g/mol. The highest BCUT2D eigenvalue weighted by Crippen LogP contribution is 2.18. The molecule has 1 unspecified atom stereocenters. The lowest BCUT2D eigenvalue weighted by molar-refractivity contribution is -0.148. The van der Waals surface area contributed by atoms with E-state index in [1.807, 2.05) is 27.7 Å². The summed E-state index contributed by atoms with van der Waals surface area (Å²) in [6, 6.07) is 3.73. The van der Waals surface area contributed by atoms with Gasteiger partial charge in [0.15, 0.2) is 0 Å². The van der Waals surface area contributed by atoms with Crippen molar-refractivity contribution in [1.82, 2.24) is 21.4 Å². The molecule has 232 valence electrons. The van der Waals surface area contributed by atoms with Gasteiger partial charge in [-0.15, -0.1) is 0 Å². The summed E-state index contributed by atoms with van der Waals surface area (Å²) in [6.45, 7) is 12.4. The number of nitrogens with one attached hydrogen (secondary N) is 5. The second-order valence-corrected chi connectivity index (χ2v) is 9.54. The molecule has 9 N–H and O–H groups in total. The molecule has 14 heteroatoms. The van der Waals surface area contributed by atoms with Crippen molar-refractivity contribution >= 4 is 35.4 Å². The summed E-state index contributed by atoms with van der Waals surface area (Å²) in [5.41, 5.74) is 13.3. The Morgan fingerprint density at radius 2 is 1.68 bits per heavy atom. The predicted molar refractivity (Wildman–Crippen MR) is 155 cm³/mol. The maximum absolute atomic E-state index is 12.6. The number of nitrogens with two attached hydrogens (primary N) is 2. The molecule has 1 aromatic rings. The summed E-state index contributed by atoms with van der Waals surface area (Å²) in [4.78, 5) is 64.0. The van der Waals surface area contributed by atoms with Gasteiger partial charge < -0.3 is 37.5 Å². The number of hydroxylamine groups is 1. The van der Waals surface area contributed by atoms with Crippen LogP contribution in [0, 0.1) is 11.8 Å². The Bertz CT molecular complexity index is 987. The van der Waals surface area contributed by atoms with Crippen LogP contribution in [-0.4, -0.2) is 68.5 Å². The lowest BCUT2D eigenvalue weighted by Gasteiger charge is -2.20. The molecule has 0 aliphatic carbocycles. The van der Waals surface area contributed by atoms with Crippen molar-refractivity contribution in [3.63, 3.8) is 0 Å². The molecule has 0 radical (unpaired) electrons. The van der Waals surface area contributed by atoms with Gasteiger partial charge in [0.05, 0.1) is 30.7 Å². The van der Waals surface area contributed by atoms with Crippen LogP contribution in [0.4, 0.5) is 10.5 Å². The average Bonchev–Trinajstić information content (AvgIpc) is 2.92. The smallest absolute Gasteiger partial charge is 0.312 e. The zero-order valence-electron chi connectivity index (χ0n) is 24.9. The summed E-state index contributed by atoms with van der Waals surface area (Å²) < 4.78 is 5.23. The first-order chi connectivity index (χ1) is 19.4. The van der Waals surface area contributed by atoms with Crippen molar-refractivity contribution in [2.45, 2.75) is 60.6 Å². The first kappa shape index (κ1) is 37.2. The molecule has 0 fully saturated rings. The highest BCUT2D eigenvalue weighted by molar-refractivity contribution is 5.99. The van der Waals surface area contributed by atoms with Crippen LogP contribution in [0.5, 0.6) is 0 Å². The molecule has 1 rings (SSSR count). The molecule has 1 atom stereocenters. The number of anilines is 1. The van der Waals surface area contributed by atoms with Crippen LogP contribution in [0.1, 0.15) is 63.9 Å². The van der Waals surface area contributed by atoms with Crippen molar-refractivity contribution in [3.8, 4) is 0 Å². The summed E-state index contributed by atoms with van der Waals surface area (Å²) >= 11 is 0. The van der Waals surface area contributed by atoms with Crippen LogP contribution in [0.15, 0.2) is 18.2 Å². The second kappa shape index (κ2) is 21.1. The van der Waals surface area contributed by atoms with Crippen molar-refractivity contribution in [3.05, 3.63) is 29.3 Å².